The van der Waals surface area contributed by atoms with E-state index in [1.54, 1.807) is 6.07 Å². The van der Waals surface area contributed by atoms with Crippen molar-refractivity contribution in [3.63, 3.8) is 0 Å². The van der Waals surface area contributed by atoms with E-state index in [1.165, 1.54) is 19.3 Å². The average molecular weight is 357 g/mol. The normalized spacial score (nSPS) is 43.5. The van der Waals surface area contributed by atoms with E-state index in [1.807, 2.05) is 6.07 Å². The van der Waals surface area contributed by atoms with Crippen molar-refractivity contribution in [1.29, 1.82) is 0 Å². The van der Waals surface area contributed by atoms with E-state index in [0.717, 1.165) is 43.0 Å². The largest absolute Gasteiger partial charge is 0.504 e. The van der Waals surface area contributed by atoms with Crippen molar-refractivity contribution in [1.82, 2.24) is 4.90 Å². The maximum Gasteiger partial charge on any atom is 0.221 e. The highest BCUT2D eigenvalue weighted by atomic mass is 16.6. The summed E-state index contributed by atoms with van der Waals surface area (Å²) in [6.07, 6.45) is 7.34. The third kappa shape index (κ3) is 1.56. The van der Waals surface area contributed by atoms with Gasteiger partial charge < -0.3 is 20.1 Å². The van der Waals surface area contributed by atoms with Gasteiger partial charge in [0, 0.05) is 24.6 Å². The van der Waals surface area contributed by atoms with Crippen LogP contribution in [0.4, 0.5) is 0 Å². The Kier molecular flexibility index (Phi) is 2.87. The first-order valence-corrected chi connectivity index (χ1v) is 10.2. The van der Waals surface area contributed by atoms with E-state index < -0.39 is 16.8 Å². The molecule has 1 unspecified atom stereocenters. The summed E-state index contributed by atoms with van der Waals surface area (Å²) in [5, 5.41) is 34.0. The van der Waals surface area contributed by atoms with Gasteiger partial charge in [-0.05, 0) is 62.6 Å². The third-order valence-corrected chi connectivity index (χ3v) is 8.30. The summed E-state index contributed by atoms with van der Waals surface area (Å²) in [4.78, 5) is 2.49. The quantitative estimate of drug-likeness (QED) is 0.756. The maximum atomic E-state index is 12.1. The van der Waals surface area contributed by atoms with Crippen LogP contribution in [0.15, 0.2) is 12.1 Å². The molecule has 5 heteroatoms. The second kappa shape index (κ2) is 4.75. The van der Waals surface area contributed by atoms with Gasteiger partial charge in [-0.1, -0.05) is 12.5 Å². The zero-order valence-corrected chi connectivity index (χ0v) is 15.1. The summed E-state index contributed by atoms with van der Waals surface area (Å²) in [6.45, 7) is 1.94. The Morgan fingerprint density at radius 3 is 2.73 bits per heavy atom. The Hall–Kier alpha value is -1.30. The molecule has 3 aliphatic carbocycles. The summed E-state index contributed by atoms with van der Waals surface area (Å²) in [7, 11) is 0. The van der Waals surface area contributed by atoms with Crippen LogP contribution in [0.3, 0.4) is 0 Å². The Morgan fingerprint density at radius 1 is 1.12 bits per heavy atom. The van der Waals surface area contributed by atoms with Gasteiger partial charge in [-0.3, -0.25) is 4.90 Å². The molecule has 26 heavy (non-hydrogen) atoms. The van der Waals surface area contributed by atoms with Crippen molar-refractivity contribution in [2.45, 2.75) is 74.2 Å². The lowest BCUT2D eigenvalue weighted by Crippen LogP contribution is -2.78. The van der Waals surface area contributed by atoms with Crippen molar-refractivity contribution in [3.05, 3.63) is 23.3 Å². The first-order chi connectivity index (χ1) is 12.5. The summed E-state index contributed by atoms with van der Waals surface area (Å²) in [5.74, 6) is -0.154. The van der Waals surface area contributed by atoms with Gasteiger partial charge in [0.2, 0.25) is 5.79 Å². The number of phenolic OH excluding ortho intramolecular Hbond substituents is 1. The second-order valence-corrected chi connectivity index (χ2v) is 9.28. The predicted octanol–water partition coefficient (Wildman–Crippen LogP) is 2.06. The van der Waals surface area contributed by atoms with Gasteiger partial charge in [-0.15, -0.1) is 0 Å². The molecule has 1 aromatic rings. The van der Waals surface area contributed by atoms with Crippen LogP contribution in [0.2, 0.25) is 0 Å². The van der Waals surface area contributed by atoms with Gasteiger partial charge in [0.05, 0.1) is 11.0 Å². The molecule has 4 atom stereocenters. The minimum absolute atomic E-state index is 0.0234. The second-order valence-electron chi connectivity index (χ2n) is 9.28. The number of ether oxygens (including phenoxy) is 1. The molecule has 2 heterocycles. The Morgan fingerprint density at radius 2 is 1.96 bits per heavy atom. The fourth-order valence-electron chi connectivity index (χ4n) is 6.92. The van der Waals surface area contributed by atoms with Gasteiger partial charge in [0.1, 0.15) is 0 Å². The smallest absolute Gasteiger partial charge is 0.221 e. The lowest BCUT2D eigenvalue weighted by Gasteiger charge is -2.65. The lowest BCUT2D eigenvalue weighted by atomic mass is 9.48. The van der Waals surface area contributed by atoms with Crippen LogP contribution in [0.5, 0.6) is 11.5 Å². The molecule has 2 aliphatic heterocycles. The van der Waals surface area contributed by atoms with Crippen LogP contribution < -0.4 is 4.74 Å². The van der Waals surface area contributed by atoms with Gasteiger partial charge in [-0.25, -0.2) is 0 Å². The molecule has 140 valence electrons. The fourth-order valence-corrected chi connectivity index (χ4v) is 6.92. The molecule has 3 fully saturated rings. The summed E-state index contributed by atoms with van der Waals surface area (Å²) < 4.78 is 6.04. The number of nitrogens with zero attached hydrogens (tertiary/aromatic N) is 1. The molecule has 1 spiro atoms. The minimum Gasteiger partial charge on any atom is -0.504 e. The minimum atomic E-state index is -1.41. The number of hydrogen-bond acceptors (Lipinski definition) is 5. The molecule has 6 rings (SSSR count). The van der Waals surface area contributed by atoms with Crippen LogP contribution >= 0.6 is 0 Å². The molecule has 2 saturated carbocycles. The van der Waals surface area contributed by atoms with Crippen LogP contribution in [0, 0.1) is 5.92 Å². The molecular formula is C21H27NO4. The van der Waals surface area contributed by atoms with E-state index in [9.17, 15) is 15.3 Å². The lowest BCUT2D eigenvalue weighted by molar-refractivity contribution is -0.286. The molecule has 3 N–H and O–H groups in total. The molecule has 0 aromatic heterocycles. The first-order valence-electron chi connectivity index (χ1n) is 10.2. The summed E-state index contributed by atoms with van der Waals surface area (Å²) >= 11 is 0. The van der Waals surface area contributed by atoms with Crippen LogP contribution in [-0.4, -0.2) is 50.7 Å². The summed E-state index contributed by atoms with van der Waals surface area (Å²) in [5.41, 5.74) is 0.222. The Balaban J connectivity index is 1.54. The summed E-state index contributed by atoms with van der Waals surface area (Å²) in [6, 6.07) is 3.68. The van der Waals surface area contributed by atoms with Crippen molar-refractivity contribution >= 4 is 0 Å². The number of aliphatic hydroxyl groups is 2. The van der Waals surface area contributed by atoms with Crippen LogP contribution in [-0.2, 0) is 11.8 Å². The number of benzene rings is 1. The van der Waals surface area contributed by atoms with Gasteiger partial charge in [-0.2, -0.15) is 0 Å². The van der Waals surface area contributed by atoms with E-state index in [4.69, 9.17) is 4.74 Å². The molecular weight excluding hydrogens is 330 g/mol. The molecule has 1 aromatic carbocycles. The number of likely N-dealkylation sites (tertiary alicyclic amines) is 1. The zero-order valence-electron chi connectivity index (χ0n) is 15.1. The predicted molar refractivity (Wildman–Crippen MR) is 95.2 cm³/mol. The maximum absolute atomic E-state index is 12.1. The van der Waals surface area contributed by atoms with Crippen molar-refractivity contribution in [2.24, 2.45) is 5.92 Å². The molecule has 5 aliphatic rings. The number of phenols is 1. The monoisotopic (exact) mass is 357 g/mol. The van der Waals surface area contributed by atoms with Crippen LogP contribution in [0.25, 0.3) is 0 Å². The SMILES string of the molecule is Oc1ccc2c3c1OC1(O)CCC[C@@]4(O)[C@@H](C2)N(CC2CCC2)CC[C@]314. The highest BCUT2D eigenvalue weighted by Gasteiger charge is 2.76. The van der Waals surface area contributed by atoms with Crippen LogP contribution in [0.1, 0.15) is 56.1 Å². The van der Waals surface area contributed by atoms with E-state index >= 15 is 0 Å². The number of aromatic hydroxyl groups is 1. The Bertz CT molecular complexity index is 792. The highest BCUT2D eigenvalue weighted by molar-refractivity contribution is 5.63. The van der Waals surface area contributed by atoms with Gasteiger partial charge >= 0.3 is 0 Å². The third-order valence-electron chi connectivity index (χ3n) is 8.30. The fraction of sp³-hybridized carbons (Fsp3) is 0.714. The molecule has 0 radical (unpaired) electrons. The topological polar surface area (TPSA) is 73.2 Å². The number of piperidine rings is 1. The van der Waals surface area contributed by atoms with Crippen molar-refractivity contribution in [3.8, 4) is 11.5 Å². The molecule has 2 bridgehead atoms. The molecule has 5 nitrogen and oxygen atoms in total. The number of rotatable bonds is 2. The average Bonchev–Trinajstić information content (AvgIpc) is 2.83. The standard InChI is InChI=1S/C21H27NO4/c23-15-6-5-14-11-16-20(24)7-2-8-21(25)19(20,17(14)18(15)26-21)9-10-22(16)12-13-3-1-4-13/h5-6,13,16,23-25H,1-4,7-12H2/t16-,19-,20-,21?/m1/s1. The molecule has 0 amide bonds. The Labute approximate surface area is 153 Å². The van der Waals surface area contributed by atoms with Gasteiger partial charge in [0.25, 0.3) is 0 Å². The van der Waals surface area contributed by atoms with Gasteiger partial charge in [0.15, 0.2) is 11.5 Å². The van der Waals surface area contributed by atoms with E-state index in [2.05, 4.69) is 4.90 Å². The highest BCUT2D eigenvalue weighted by Crippen LogP contribution is 2.68. The van der Waals surface area contributed by atoms with E-state index in [-0.39, 0.29) is 11.8 Å². The first kappa shape index (κ1) is 15.7. The zero-order chi connectivity index (χ0) is 17.7. The van der Waals surface area contributed by atoms with E-state index in [0.29, 0.717) is 25.0 Å². The van der Waals surface area contributed by atoms with Crippen molar-refractivity contribution in [2.75, 3.05) is 13.1 Å². The molecule has 1 saturated heterocycles. The van der Waals surface area contributed by atoms with Crippen molar-refractivity contribution < 1.29 is 20.1 Å². The number of hydrogen-bond donors (Lipinski definition) is 3.